The lowest BCUT2D eigenvalue weighted by Gasteiger charge is -2.10. The third-order valence-electron chi connectivity index (χ3n) is 4.29. The molecule has 2 aromatic carbocycles. The molecule has 4 rings (SSSR count). The van der Waals surface area contributed by atoms with Gasteiger partial charge in [0.15, 0.2) is 5.82 Å². The number of aromatic amines is 1. The maximum Gasteiger partial charge on any atom is 0.450 e. The molecule has 2 heterocycles. The van der Waals surface area contributed by atoms with E-state index in [4.69, 9.17) is 27.6 Å². The minimum Gasteiger partial charge on any atom is -0.451 e. The fourth-order valence-corrected chi connectivity index (χ4v) is 3.19. The van der Waals surface area contributed by atoms with Crippen LogP contribution in [0.25, 0.3) is 22.7 Å². The Morgan fingerprint density at radius 1 is 1.03 bits per heavy atom. The normalized spacial score (nSPS) is 11.5. The molecule has 0 spiro atoms. The summed E-state index contributed by atoms with van der Waals surface area (Å²) in [6, 6.07) is 11.0. The summed E-state index contributed by atoms with van der Waals surface area (Å²) in [6.07, 6.45) is -4.94. The molecule has 0 unspecified atom stereocenters. The van der Waals surface area contributed by atoms with E-state index >= 15 is 0 Å². The van der Waals surface area contributed by atoms with Gasteiger partial charge >= 0.3 is 11.9 Å². The number of hydrogen-bond acceptors (Lipinski definition) is 5. The van der Waals surface area contributed by atoms with Crippen molar-refractivity contribution in [3.8, 4) is 22.7 Å². The molecule has 0 saturated carbocycles. The fraction of sp³-hybridized carbons (Fsp3) is 0.0500. The van der Waals surface area contributed by atoms with Crippen LogP contribution < -0.4 is 11.1 Å². The van der Waals surface area contributed by atoms with Crippen molar-refractivity contribution in [3.63, 3.8) is 0 Å². The third-order valence-corrected chi connectivity index (χ3v) is 4.78. The van der Waals surface area contributed by atoms with Gasteiger partial charge in [-0.15, -0.1) is 0 Å². The molecule has 0 aliphatic heterocycles. The summed E-state index contributed by atoms with van der Waals surface area (Å²) in [5.74, 6) is -3.67. The Bertz CT molecular complexity index is 1360. The zero-order valence-corrected chi connectivity index (χ0v) is 17.1. The van der Waals surface area contributed by atoms with Gasteiger partial charge in [0, 0.05) is 21.2 Å². The maximum absolute atomic E-state index is 13.6. The zero-order chi connectivity index (χ0) is 23.0. The van der Waals surface area contributed by atoms with Gasteiger partial charge in [0.25, 0.3) is 5.91 Å². The molecule has 0 fully saturated rings. The Morgan fingerprint density at radius 2 is 1.72 bits per heavy atom. The van der Waals surface area contributed by atoms with Crippen molar-refractivity contribution < 1.29 is 26.9 Å². The zero-order valence-electron chi connectivity index (χ0n) is 15.6. The number of nitrogens with zero attached hydrogens (tertiary/aromatic N) is 1. The van der Waals surface area contributed by atoms with Gasteiger partial charge in [0.1, 0.15) is 5.76 Å². The second-order valence-electron chi connectivity index (χ2n) is 6.45. The van der Waals surface area contributed by atoms with Gasteiger partial charge in [0.05, 0.1) is 11.3 Å². The highest BCUT2D eigenvalue weighted by Gasteiger charge is 2.40. The van der Waals surface area contributed by atoms with Crippen LogP contribution in [0.3, 0.4) is 0 Å². The molecule has 0 aliphatic carbocycles. The van der Waals surface area contributed by atoms with Gasteiger partial charge in [-0.3, -0.25) is 14.3 Å². The average molecular weight is 484 g/mol. The van der Waals surface area contributed by atoms with Crippen LogP contribution in [0.15, 0.2) is 62.3 Å². The van der Waals surface area contributed by atoms with Crippen LogP contribution >= 0.6 is 23.2 Å². The van der Waals surface area contributed by atoms with E-state index in [1.165, 1.54) is 42.5 Å². The molecule has 1 amide bonds. The molecule has 164 valence electrons. The Balaban J connectivity index is 1.75. The molecule has 2 N–H and O–H groups in total. The summed E-state index contributed by atoms with van der Waals surface area (Å²) in [4.78, 5) is 26.4. The van der Waals surface area contributed by atoms with Crippen LogP contribution in [0.2, 0.25) is 10.0 Å². The number of aromatic nitrogens is 2. The first kappa shape index (κ1) is 21.7. The van der Waals surface area contributed by atoms with Crippen LogP contribution in [0, 0.1) is 0 Å². The van der Waals surface area contributed by atoms with Crippen LogP contribution in [-0.2, 0) is 6.18 Å². The summed E-state index contributed by atoms with van der Waals surface area (Å²) in [5.41, 5.74) is -0.289. The highest BCUT2D eigenvalue weighted by molar-refractivity contribution is 6.31. The molecular formula is C20H10Cl2F3N3O4. The summed E-state index contributed by atoms with van der Waals surface area (Å²) >= 11 is 11.8. The van der Waals surface area contributed by atoms with E-state index in [1.807, 2.05) is 0 Å². The van der Waals surface area contributed by atoms with Crippen molar-refractivity contribution in [2.24, 2.45) is 0 Å². The number of nitrogens with one attached hydrogen (secondary N) is 2. The highest BCUT2D eigenvalue weighted by atomic mass is 35.5. The maximum atomic E-state index is 13.6. The van der Waals surface area contributed by atoms with Crippen molar-refractivity contribution in [2.75, 3.05) is 5.32 Å². The Hall–Kier alpha value is -3.50. The van der Waals surface area contributed by atoms with Crippen molar-refractivity contribution in [1.82, 2.24) is 10.1 Å². The van der Waals surface area contributed by atoms with Gasteiger partial charge < -0.3 is 9.73 Å². The SMILES string of the molecule is O=C(Nc1cc(Cl)ccc1-c1noc(=O)[nH]1)c1cc(-c2ccc(Cl)cc2)oc1C(F)(F)F. The van der Waals surface area contributed by atoms with Crippen molar-refractivity contribution in [3.05, 3.63) is 80.5 Å². The van der Waals surface area contributed by atoms with Gasteiger partial charge in [0.2, 0.25) is 5.76 Å². The molecule has 0 radical (unpaired) electrons. The first-order chi connectivity index (χ1) is 15.1. The molecule has 0 saturated heterocycles. The van der Waals surface area contributed by atoms with E-state index in [1.54, 1.807) is 0 Å². The number of H-pyrrole nitrogens is 1. The number of amides is 1. The highest BCUT2D eigenvalue weighted by Crippen LogP contribution is 2.38. The minimum absolute atomic E-state index is 0.00517. The molecule has 0 atom stereocenters. The number of halogens is 5. The molecule has 4 aromatic rings. The summed E-state index contributed by atoms with van der Waals surface area (Å²) in [6.45, 7) is 0. The van der Waals surface area contributed by atoms with E-state index in [0.717, 1.165) is 6.07 Å². The molecule has 0 aliphatic rings. The molecule has 12 heteroatoms. The van der Waals surface area contributed by atoms with Gasteiger partial charge in [-0.05, 0) is 48.5 Å². The largest absolute Gasteiger partial charge is 0.451 e. The van der Waals surface area contributed by atoms with Crippen molar-refractivity contribution in [2.45, 2.75) is 6.18 Å². The lowest BCUT2D eigenvalue weighted by Crippen LogP contribution is -2.17. The number of benzene rings is 2. The standard InChI is InChI=1S/C20H10Cl2F3N3O4/c21-10-3-1-9(2-4-10)15-8-13(16(31-15)20(23,24)25)18(29)26-14-7-11(22)5-6-12(14)17-27-19(30)32-28-17/h1-8H,(H,26,29)(H,27,28,30). The number of rotatable bonds is 4. The average Bonchev–Trinajstić information content (AvgIpc) is 3.35. The van der Waals surface area contributed by atoms with E-state index in [9.17, 15) is 22.8 Å². The Labute approximate surface area is 186 Å². The summed E-state index contributed by atoms with van der Waals surface area (Å²) in [5, 5.41) is 6.43. The van der Waals surface area contributed by atoms with Crippen LogP contribution in [0.1, 0.15) is 16.1 Å². The van der Waals surface area contributed by atoms with E-state index in [0.29, 0.717) is 10.6 Å². The summed E-state index contributed by atoms with van der Waals surface area (Å²) in [7, 11) is 0. The number of furan rings is 1. The van der Waals surface area contributed by atoms with E-state index in [-0.39, 0.29) is 27.9 Å². The van der Waals surface area contributed by atoms with Crippen molar-refractivity contribution >= 4 is 34.8 Å². The quantitative estimate of drug-likeness (QED) is 0.378. The smallest absolute Gasteiger partial charge is 0.450 e. The van der Waals surface area contributed by atoms with Crippen LogP contribution in [0.5, 0.6) is 0 Å². The second kappa shape index (κ2) is 8.21. The van der Waals surface area contributed by atoms with Gasteiger partial charge in [-0.1, -0.05) is 28.4 Å². The third kappa shape index (κ3) is 4.41. The number of carbonyl (C=O) groups excluding carboxylic acids is 1. The monoisotopic (exact) mass is 483 g/mol. The second-order valence-corrected chi connectivity index (χ2v) is 7.32. The number of hydrogen-bond donors (Lipinski definition) is 2. The molecular weight excluding hydrogens is 474 g/mol. The van der Waals surface area contributed by atoms with Crippen molar-refractivity contribution in [1.29, 1.82) is 0 Å². The van der Waals surface area contributed by atoms with Gasteiger partial charge in [-0.25, -0.2) is 4.79 Å². The Kier molecular flexibility index (Phi) is 5.57. The van der Waals surface area contributed by atoms with Crippen LogP contribution in [-0.4, -0.2) is 16.0 Å². The fourth-order valence-electron chi connectivity index (χ4n) is 2.89. The number of carbonyl (C=O) groups is 1. The lowest BCUT2D eigenvalue weighted by molar-refractivity contribution is -0.153. The topological polar surface area (TPSA) is 101 Å². The van der Waals surface area contributed by atoms with E-state index < -0.39 is 29.2 Å². The first-order valence-corrected chi connectivity index (χ1v) is 9.51. The van der Waals surface area contributed by atoms with Crippen LogP contribution in [0.4, 0.5) is 18.9 Å². The Morgan fingerprint density at radius 3 is 2.34 bits per heavy atom. The summed E-state index contributed by atoms with van der Waals surface area (Å²) < 4.78 is 50.1. The molecule has 32 heavy (non-hydrogen) atoms. The molecule has 7 nitrogen and oxygen atoms in total. The minimum atomic E-state index is -4.94. The molecule has 2 aromatic heterocycles. The molecule has 0 bridgehead atoms. The lowest BCUT2D eigenvalue weighted by atomic mass is 10.1. The van der Waals surface area contributed by atoms with E-state index in [2.05, 4.69) is 20.0 Å². The first-order valence-electron chi connectivity index (χ1n) is 8.76. The van der Waals surface area contributed by atoms with Gasteiger partial charge in [-0.2, -0.15) is 13.2 Å². The number of alkyl halides is 3. The number of anilines is 1. The predicted octanol–water partition coefficient (Wildman–Crippen LogP) is 5.87. The predicted molar refractivity (Wildman–Crippen MR) is 110 cm³/mol.